The van der Waals surface area contributed by atoms with Crippen LogP contribution in [-0.4, -0.2) is 25.1 Å². The highest BCUT2D eigenvalue weighted by molar-refractivity contribution is 6.31. The fourth-order valence-electron chi connectivity index (χ4n) is 3.67. The van der Waals surface area contributed by atoms with Gasteiger partial charge in [0.05, 0.1) is 36.7 Å². The second-order valence-electron chi connectivity index (χ2n) is 7.11. The summed E-state index contributed by atoms with van der Waals surface area (Å²) in [7, 11) is 3.04. The number of hydrogen-bond acceptors (Lipinski definition) is 4. The highest BCUT2D eigenvalue weighted by Gasteiger charge is 2.23. The molecule has 0 aliphatic rings. The Morgan fingerprint density at radius 3 is 2.48 bits per heavy atom. The second kappa shape index (κ2) is 10.1. The molecule has 5 nitrogen and oxygen atoms in total. The van der Waals surface area contributed by atoms with Gasteiger partial charge in [0.15, 0.2) is 0 Å². The molecule has 170 valence electrons. The molecule has 33 heavy (non-hydrogen) atoms. The van der Waals surface area contributed by atoms with Gasteiger partial charge in [-0.25, -0.2) is 4.39 Å². The molecule has 0 saturated heterocycles. The number of aryl methyl sites for hydroxylation is 1. The fourth-order valence-corrected chi connectivity index (χ4v) is 3.84. The molecule has 1 N–H and O–H groups in total. The fraction of sp³-hybridized carbons (Fsp3) is 0.120. The lowest BCUT2D eigenvalue weighted by molar-refractivity contribution is 0.102. The molecule has 4 aromatic rings. The van der Waals surface area contributed by atoms with Crippen molar-refractivity contribution in [3.63, 3.8) is 0 Å². The number of rotatable bonds is 5. The summed E-state index contributed by atoms with van der Waals surface area (Å²) in [6.45, 7) is 1.72. The molecule has 0 aliphatic heterocycles. The van der Waals surface area contributed by atoms with Crippen LogP contribution in [0.4, 0.5) is 10.1 Å². The molecule has 0 unspecified atom stereocenters. The Balaban J connectivity index is 0.00000306. The van der Waals surface area contributed by atoms with Gasteiger partial charge < -0.3 is 14.8 Å². The van der Waals surface area contributed by atoms with Crippen LogP contribution in [0.15, 0.2) is 60.7 Å². The number of aromatic nitrogens is 1. The number of amides is 1. The number of ether oxygens (including phenoxy) is 2. The highest BCUT2D eigenvalue weighted by Crippen LogP contribution is 2.37. The Morgan fingerprint density at radius 1 is 1.03 bits per heavy atom. The van der Waals surface area contributed by atoms with Crippen LogP contribution >= 0.6 is 24.0 Å². The Labute approximate surface area is 201 Å². The first-order chi connectivity index (χ1) is 15.4. The van der Waals surface area contributed by atoms with E-state index in [1.807, 2.05) is 0 Å². The summed E-state index contributed by atoms with van der Waals surface area (Å²) in [5.41, 5.74) is 2.49. The first-order valence-electron chi connectivity index (χ1n) is 9.81. The molecule has 1 amide bonds. The van der Waals surface area contributed by atoms with Gasteiger partial charge in [0.2, 0.25) is 0 Å². The number of methoxy groups -OCH3 is 2. The summed E-state index contributed by atoms with van der Waals surface area (Å²) < 4.78 is 25.5. The maximum atomic E-state index is 14.9. The zero-order chi connectivity index (χ0) is 22.8. The van der Waals surface area contributed by atoms with Crippen LogP contribution in [-0.2, 0) is 0 Å². The largest absolute Gasteiger partial charge is 0.497 e. The Hall–Kier alpha value is -3.35. The van der Waals surface area contributed by atoms with Gasteiger partial charge in [-0.3, -0.25) is 9.78 Å². The lowest BCUT2D eigenvalue weighted by atomic mass is 9.93. The molecule has 4 rings (SSSR count). The smallest absolute Gasteiger partial charge is 0.258 e. The minimum atomic E-state index is -0.449. The van der Waals surface area contributed by atoms with Crippen molar-refractivity contribution in [3.05, 3.63) is 82.8 Å². The summed E-state index contributed by atoms with van der Waals surface area (Å²) in [6, 6.07) is 16.5. The van der Waals surface area contributed by atoms with Crippen molar-refractivity contribution in [1.82, 2.24) is 4.98 Å². The Kier molecular flexibility index (Phi) is 7.41. The molecule has 1 heterocycles. The molecular formula is C25H21Cl2FN2O3. The van der Waals surface area contributed by atoms with Crippen LogP contribution in [0.3, 0.4) is 0 Å². The van der Waals surface area contributed by atoms with Crippen LogP contribution in [0.5, 0.6) is 11.5 Å². The molecule has 3 aromatic carbocycles. The van der Waals surface area contributed by atoms with Gasteiger partial charge >= 0.3 is 0 Å². The zero-order valence-electron chi connectivity index (χ0n) is 18.1. The highest BCUT2D eigenvalue weighted by atomic mass is 35.5. The van der Waals surface area contributed by atoms with E-state index >= 15 is 0 Å². The topological polar surface area (TPSA) is 60.5 Å². The summed E-state index contributed by atoms with van der Waals surface area (Å²) in [4.78, 5) is 18.1. The molecule has 0 fully saturated rings. The van der Waals surface area contributed by atoms with Crippen LogP contribution < -0.4 is 14.8 Å². The van der Waals surface area contributed by atoms with Crippen molar-refractivity contribution in [3.8, 4) is 22.6 Å². The standard InChI is InChI=1S/C25H20ClFN2O3.ClH/c1-14-23(25(30)29-21-11-9-16(31-2)13-22(21)32-3)24(17-6-4-5-7-19(17)27)18-12-15(26)8-10-20(18)28-14;/h4-13H,1-3H3,(H,29,30);1H. The molecule has 0 radical (unpaired) electrons. The van der Waals surface area contributed by atoms with E-state index in [1.165, 1.54) is 13.2 Å². The summed E-state index contributed by atoms with van der Waals surface area (Å²) in [5, 5.41) is 3.91. The van der Waals surface area contributed by atoms with Crippen molar-refractivity contribution in [2.24, 2.45) is 0 Å². The monoisotopic (exact) mass is 486 g/mol. The molecular weight excluding hydrogens is 466 g/mol. The van der Waals surface area contributed by atoms with E-state index in [1.54, 1.807) is 68.6 Å². The number of benzene rings is 3. The lowest BCUT2D eigenvalue weighted by Crippen LogP contribution is -2.17. The van der Waals surface area contributed by atoms with Gasteiger partial charge in [-0.05, 0) is 43.3 Å². The van der Waals surface area contributed by atoms with E-state index in [0.29, 0.717) is 44.4 Å². The SMILES string of the molecule is COc1ccc(NC(=O)c2c(C)nc3ccc(Cl)cc3c2-c2ccccc2F)c(OC)c1.Cl. The van der Waals surface area contributed by atoms with Gasteiger partial charge in [-0.15, -0.1) is 12.4 Å². The average molecular weight is 487 g/mol. The molecule has 0 bridgehead atoms. The summed E-state index contributed by atoms with van der Waals surface area (Å²) in [5.74, 6) is 0.124. The number of fused-ring (bicyclic) bond motifs is 1. The van der Waals surface area contributed by atoms with Crippen molar-refractivity contribution >= 4 is 46.5 Å². The Bertz CT molecular complexity index is 1350. The molecule has 0 aliphatic carbocycles. The van der Waals surface area contributed by atoms with E-state index < -0.39 is 11.7 Å². The maximum absolute atomic E-state index is 14.9. The number of halogens is 3. The lowest BCUT2D eigenvalue weighted by Gasteiger charge is -2.17. The predicted octanol–water partition coefficient (Wildman–Crippen LogP) is 6.69. The van der Waals surface area contributed by atoms with Crippen molar-refractivity contribution in [2.75, 3.05) is 19.5 Å². The molecule has 0 saturated carbocycles. The van der Waals surface area contributed by atoms with Crippen LogP contribution in [0.1, 0.15) is 16.1 Å². The van der Waals surface area contributed by atoms with Gasteiger partial charge in [-0.1, -0.05) is 29.8 Å². The minimum Gasteiger partial charge on any atom is -0.497 e. The Morgan fingerprint density at radius 2 is 1.79 bits per heavy atom. The third-order valence-corrected chi connectivity index (χ3v) is 5.39. The predicted molar refractivity (Wildman–Crippen MR) is 132 cm³/mol. The second-order valence-corrected chi connectivity index (χ2v) is 7.55. The number of anilines is 1. The minimum absolute atomic E-state index is 0. The summed E-state index contributed by atoms with van der Waals surface area (Å²) >= 11 is 6.24. The van der Waals surface area contributed by atoms with Gasteiger partial charge in [-0.2, -0.15) is 0 Å². The molecule has 0 atom stereocenters. The van der Waals surface area contributed by atoms with E-state index in [0.717, 1.165) is 0 Å². The average Bonchev–Trinajstić information content (AvgIpc) is 2.79. The van der Waals surface area contributed by atoms with E-state index in [9.17, 15) is 9.18 Å². The quantitative estimate of drug-likeness (QED) is 0.341. The zero-order valence-corrected chi connectivity index (χ0v) is 19.7. The molecule has 0 spiro atoms. The normalized spacial score (nSPS) is 10.5. The number of hydrogen-bond donors (Lipinski definition) is 1. The number of carbonyl (C=O) groups excluding carboxylic acids is 1. The summed E-state index contributed by atoms with van der Waals surface area (Å²) in [6.07, 6.45) is 0. The third-order valence-electron chi connectivity index (χ3n) is 5.16. The van der Waals surface area contributed by atoms with Crippen molar-refractivity contribution in [1.29, 1.82) is 0 Å². The van der Waals surface area contributed by atoms with Crippen molar-refractivity contribution in [2.45, 2.75) is 6.92 Å². The number of carbonyl (C=O) groups is 1. The maximum Gasteiger partial charge on any atom is 0.258 e. The van der Waals surface area contributed by atoms with Crippen LogP contribution in [0.25, 0.3) is 22.0 Å². The first kappa shape index (κ1) is 24.3. The number of nitrogens with zero attached hydrogens (tertiary/aromatic N) is 1. The molecule has 8 heteroatoms. The number of nitrogens with one attached hydrogen (secondary N) is 1. The number of pyridine rings is 1. The first-order valence-corrected chi connectivity index (χ1v) is 10.2. The molecule has 1 aromatic heterocycles. The van der Waals surface area contributed by atoms with Gasteiger partial charge in [0.1, 0.15) is 17.3 Å². The van der Waals surface area contributed by atoms with E-state index in [4.69, 9.17) is 21.1 Å². The van der Waals surface area contributed by atoms with Crippen LogP contribution in [0, 0.1) is 12.7 Å². The van der Waals surface area contributed by atoms with Crippen LogP contribution in [0.2, 0.25) is 5.02 Å². The van der Waals surface area contributed by atoms with E-state index in [-0.39, 0.29) is 23.5 Å². The third kappa shape index (κ3) is 4.72. The van der Waals surface area contributed by atoms with Crippen molar-refractivity contribution < 1.29 is 18.7 Å². The van der Waals surface area contributed by atoms with E-state index in [2.05, 4.69) is 10.3 Å². The van der Waals surface area contributed by atoms with Gasteiger partial charge in [0, 0.05) is 27.6 Å². The van der Waals surface area contributed by atoms with Gasteiger partial charge in [0.25, 0.3) is 5.91 Å².